The van der Waals surface area contributed by atoms with Crippen molar-refractivity contribution in [3.63, 3.8) is 0 Å². The van der Waals surface area contributed by atoms with Gasteiger partial charge in [-0.3, -0.25) is 4.79 Å². The van der Waals surface area contributed by atoms with Gasteiger partial charge in [-0.25, -0.2) is 4.79 Å². The molecule has 6 aliphatic rings. The van der Waals surface area contributed by atoms with Gasteiger partial charge in [0.05, 0.1) is 25.0 Å². The second kappa shape index (κ2) is 8.71. The Bertz CT molecular complexity index is 1200. The van der Waals surface area contributed by atoms with Gasteiger partial charge in [0.1, 0.15) is 17.7 Å². The molecular weight excluding hydrogens is 484 g/mol. The Kier molecular flexibility index (Phi) is 5.89. The topological polar surface area (TPSA) is 86.3 Å². The molecule has 7 atom stereocenters. The van der Waals surface area contributed by atoms with Gasteiger partial charge < -0.3 is 29.2 Å². The van der Waals surface area contributed by atoms with Gasteiger partial charge in [-0.05, 0) is 63.7 Å². The molecule has 4 aliphatic carbocycles. The molecule has 0 radical (unpaired) electrons. The van der Waals surface area contributed by atoms with E-state index in [1.165, 1.54) is 11.1 Å². The molecule has 0 aromatic heterocycles. The highest BCUT2D eigenvalue weighted by molar-refractivity contribution is 5.88. The largest absolute Gasteiger partial charge is 0.493 e. The molecular formula is C30H40N2O6. The lowest BCUT2D eigenvalue weighted by molar-refractivity contribution is -0.214. The third-order valence-electron chi connectivity index (χ3n) is 10.2. The van der Waals surface area contributed by atoms with Crippen molar-refractivity contribution >= 4 is 11.9 Å². The minimum absolute atomic E-state index is 0.179. The molecule has 1 saturated heterocycles. The lowest BCUT2D eigenvalue weighted by Gasteiger charge is -2.70. The van der Waals surface area contributed by atoms with Crippen molar-refractivity contribution in [2.24, 2.45) is 17.3 Å². The Morgan fingerprint density at radius 2 is 2.03 bits per heavy atom. The number of nitrogens with one attached hydrogen (secondary N) is 1. The van der Waals surface area contributed by atoms with Crippen molar-refractivity contribution in [2.45, 2.75) is 75.7 Å². The Hall–Kier alpha value is -2.58. The van der Waals surface area contributed by atoms with Crippen molar-refractivity contribution in [3.05, 3.63) is 35.4 Å². The molecule has 1 aromatic rings. The number of rotatable bonds is 8. The van der Waals surface area contributed by atoms with Crippen molar-refractivity contribution < 1.29 is 28.5 Å². The molecule has 2 heterocycles. The van der Waals surface area contributed by atoms with Gasteiger partial charge in [-0.15, -0.1) is 0 Å². The summed E-state index contributed by atoms with van der Waals surface area (Å²) in [6.45, 7) is 7.08. The van der Waals surface area contributed by atoms with E-state index in [4.69, 9.17) is 18.9 Å². The number of fused-ring (bicyclic) bond motifs is 1. The predicted octanol–water partition coefficient (Wildman–Crippen LogP) is 3.01. The van der Waals surface area contributed by atoms with E-state index in [0.29, 0.717) is 12.8 Å². The second-order valence-electron chi connectivity index (χ2n) is 12.2. The molecule has 38 heavy (non-hydrogen) atoms. The van der Waals surface area contributed by atoms with E-state index >= 15 is 0 Å². The van der Waals surface area contributed by atoms with Gasteiger partial charge in [0.25, 0.3) is 0 Å². The molecule has 8 heteroatoms. The fraction of sp³-hybridized carbons (Fsp3) is 0.667. The van der Waals surface area contributed by atoms with Gasteiger partial charge in [-0.1, -0.05) is 32.1 Å². The van der Waals surface area contributed by atoms with Crippen LogP contribution in [0.4, 0.5) is 0 Å². The molecule has 2 fully saturated rings. The fourth-order valence-electron chi connectivity index (χ4n) is 8.70. The van der Waals surface area contributed by atoms with Crippen molar-refractivity contribution in [1.29, 1.82) is 0 Å². The third kappa shape index (κ3) is 3.04. The number of hydrogen-bond acceptors (Lipinski definition) is 7. The predicted molar refractivity (Wildman–Crippen MR) is 141 cm³/mol. The number of piperidine rings is 1. The summed E-state index contributed by atoms with van der Waals surface area (Å²) in [6, 6.07) is 3.72. The van der Waals surface area contributed by atoms with Gasteiger partial charge >= 0.3 is 5.97 Å². The number of hydrogen-bond donors (Lipinski definition) is 1. The van der Waals surface area contributed by atoms with E-state index in [9.17, 15) is 9.59 Å². The Balaban J connectivity index is 1.46. The summed E-state index contributed by atoms with van der Waals surface area (Å²) in [7, 11) is 5.55. The lowest BCUT2D eigenvalue weighted by Crippen LogP contribution is -2.80. The average molecular weight is 525 g/mol. The number of benzene rings is 1. The highest BCUT2D eigenvalue weighted by Gasteiger charge is 2.79. The van der Waals surface area contributed by atoms with E-state index in [1.807, 2.05) is 19.9 Å². The lowest BCUT2D eigenvalue weighted by atomic mass is 9.37. The first-order valence-corrected chi connectivity index (χ1v) is 14.0. The van der Waals surface area contributed by atoms with Crippen LogP contribution in [-0.2, 0) is 30.9 Å². The van der Waals surface area contributed by atoms with Crippen molar-refractivity contribution in [3.8, 4) is 11.5 Å². The van der Waals surface area contributed by atoms with Gasteiger partial charge in [-0.2, -0.15) is 0 Å². The van der Waals surface area contributed by atoms with Gasteiger partial charge in [0.15, 0.2) is 11.5 Å². The minimum Gasteiger partial charge on any atom is -0.493 e. The highest BCUT2D eigenvalue weighted by atomic mass is 16.6. The molecule has 1 aromatic carbocycles. The molecule has 1 saturated carbocycles. The smallest absolute Gasteiger partial charge is 0.328 e. The highest BCUT2D eigenvalue weighted by Crippen LogP contribution is 2.74. The first-order chi connectivity index (χ1) is 18.2. The summed E-state index contributed by atoms with van der Waals surface area (Å²) in [5.41, 5.74) is 0.983. The molecule has 8 nitrogen and oxygen atoms in total. The van der Waals surface area contributed by atoms with Crippen LogP contribution < -0.4 is 14.8 Å². The maximum atomic E-state index is 14.2. The summed E-state index contributed by atoms with van der Waals surface area (Å²) < 4.78 is 24.4. The number of methoxy groups -OCH3 is 2. The van der Waals surface area contributed by atoms with Crippen molar-refractivity contribution in [2.75, 3.05) is 34.4 Å². The number of esters is 1. The van der Waals surface area contributed by atoms with Crippen LogP contribution in [0.25, 0.3) is 0 Å². The maximum Gasteiger partial charge on any atom is 0.328 e. The van der Waals surface area contributed by atoms with E-state index in [0.717, 1.165) is 30.9 Å². The molecule has 206 valence electrons. The van der Waals surface area contributed by atoms with Crippen LogP contribution in [-0.4, -0.2) is 75.0 Å². The van der Waals surface area contributed by atoms with Crippen LogP contribution in [0.3, 0.4) is 0 Å². The molecule has 4 bridgehead atoms. The molecule has 1 N–H and O–H groups in total. The molecule has 1 amide bonds. The number of carbonyl (C=O) groups excluding carboxylic acids is 2. The monoisotopic (exact) mass is 524 g/mol. The second-order valence-corrected chi connectivity index (χ2v) is 12.2. The zero-order chi connectivity index (χ0) is 27.0. The van der Waals surface area contributed by atoms with Crippen LogP contribution in [0.15, 0.2) is 24.3 Å². The van der Waals surface area contributed by atoms with E-state index in [-0.39, 0.29) is 47.4 Å². The van der Waals surface area contributed by atoms with Crippen LogP contribution in [0.1, 0.15) is 51.2 Å². The zero-order valence-corrected chi connectivity index (χ0v) is 23.3. The van der Waals surface area contributed by atoms with E-state index < -0.39 is 17.6 Å². The van der Waals surface area contributed by atoms with Crippen LogP contribution in [0.5, 0.6) is 11.5 Å². The zero-order valence-electron chi connectivity index (χ0n) is 23.3. The maximum absolute atomic E-state index is 14.2. The fourth-order valence-corrected chi connectivity index (χ4v) is 8.70. The third-order valence-corrected chi connectivity index (χ3v) is 10.2. The molecule has 2 aliphatic heterocycles. The molecule has 7 rings (SSSR count). The Labute approximate surface area is 225 Å². The van der Waals surface area contributed by atoms with Crippen LogP contribution in [0.2, 0.25) is 0 Å². The number of likely N-dealkylation sites (tertiary alicyclic amines) is 1. The normalized spacial score (nSPS) is 36.4. The summed E-state index contributed by atoms with van der Waals surface area (Å²) in [5, 5.41) is 3.08. The average Bonchev–Trinajstić information content (AvgIpc) is 3.27. The quantitative estimate of drug-likeness (QED) is 0.413. The first-order valence-electron chi connectivity index (χ1n) is 14.0. The SMILES string of the molecule is CCOC(=O)[C@H](CC(C)C)NC(=O)[C@H]1C[C@@]23C=C[C@@]1(OC)[C@@H]1Oc4c(OC)ccc5c4[C@@]12CCN(C)[C@H]3C5. The summed E-state index contributed by atoms with van der Waals surface area (Å²) >= 11 is 0. The van der Waals surface area contributed by atoms with Gasteiger partial charge in [0.2, 0.25) is 5.91 Å². The summed E-state index contributed by atoms with van der Waals surface area (Å²) in [5.74, 6) is 0.664. The Morgan fingerprint density at radius 3 is 2.71 bits per heavy atom. The van der Waals surface area contributed by atoms with Crippen LogP contribution in [0, 0.1) is 17.3 Å². The number of amides is 1. The van der Waals surface area contributed by atoms with Crippen molar-refractivity contribution in [1.82, 2.24) is 10.2 Å². The first kappa shape index (κ1) is 25.7. The Morgan fingerprint density at radius 1 is 1.24 bits per heavy atom. The standard InChI is InChI=1S/C30H40N2O6/c1-7-37-26(34)20(14-17(2)3)31-25(33)19-16-28-10-11-30(19,36-6)27-29(28)12-13-32(4)22(28)15-18-8-9-21(35-5)24(38-27)23(18)29/h8-11,17,19-20,22,27H,7,12-16H2,1-6H3,(H,31,33)/t19-,20+,22+,27-,28-,29+,30+/m1/s1. The molecule has 2 spiro atoms. The minimum atomic E-state index is -0.970. The number of ether oxygens (including phenoxy) is 4. The van der Waals surface area contributed by atoms with Crippen LogP contribution >= 0.6 is 0 Å². The summed E-state index contributed by atoms with van der Waals surface area (Å²) in [4.78, 5) is 29.4. The van der Waals surface area contributed by atoms with E-state index in [2.05, 4.69) is 35.5 Å². The summed E-state index contributed by atoms with van der Waals surface area (Å²) in [6.07, 6.45) is 7.02. The van der Waals surface area contributed by atoms with Gasteiger partial charge in [0, 0.05) is 24.1 Å². The number of nitrogens with zero attached hydrogens (tertiary/aromatic N) is 1. The number of likely N-dealkylation sites (N-methyl/N-ethyl adjacent to an activating group) is 1. The number of carbonyl (C=O) groups is 2. The van der Waals surface area contributed by atoms with E-state index in [1.54, 1.807) is 21.1 Å². The molecule has 0 unspecified atom stereocenters.